The molecule has 0 saturated carbocycles. The van der Waals surface area contributed by atoms with Crippen molar-refractivity contribution in [2.45, 2.75) is 18.9 Å². The number of amides is 2. The molecule has 5 nitrogen and oxygen atoms in total. The van der Waals surface area contributed by atoms with E-state index >= 15 is 0 Å². The molecule has 1 heterocycles. The van der Waals surface area contributed by atoms with Crippen LogP contribution in [0.5, 0.6) is 0 Å². The zero-order valence-corrected chi connectivity index (χ0v) is 15.5. The molecule has 1 atom stereocenters. The lowest BCUT2D eigenvalue weighted by atomic mass is 10.0. The molecule has 0 saturated heterocycles. The first-order valence-electron chi connectivity index (χ1n) is 9.15. The van der Waals surface area contributed by atoms with E-state index in [1.165, 1.54) is 0 Å². The summed E-state index contributed by atoms with van der Waals surface area (Å²) in [7, 11) is 0. The Bertz CT molecular complexity index is 959. The Labute approximate surface area is 166 Å². The predicted molar refractivity (Wildman–Crippen MR) is 103 cm³/mol. The van der Waals surface area contributed by atoms with Gasteiger partial charge in [-0.1, -0.05) is 30.3 Å². The molecular weight excluding hydrogens is 378 g/mol. The van der Waals surface area contributed by atoms with Crippen LogP contribution >= 0.6 is 0 Å². The zero-order valence-electron chi connectivity index (χ0n) is 15.5. The first-order valence-corrected chi connectivity index (χ1v) is 9.15. The highest BCUT2D eigenvalue weighted by Crippen LogP contribution is 2.22. The summed E-state index contributed by atoms with van der Waals surface area (Å²) in [6.45, 7) is 0.180. The fourth-order valence-corrected chi connectivity index (χ4v) is 2.87. The third-order valence-corrected chi connectivity index (χ3v) is 4.31. The van der Waals surface area contributed by atoms with Crippen LogP contribution in [-0.2, 0) is 4.79 Å². The maximum absolute atomic E-state index is 13.6. The van der Waals surface area contributed by atoms with Crippen molar-refractivity contribution in [2.24, 2.45) is 0 Å². The van der Waals surface area contributed by atoms with E-state index in [1.54, 1.807) is 18.4 Å². The van der Waals surface area contributed by atoms with E-state index in [-0.39, 0.29) is 24.4 Å². The molecule has 3 rings (SSSR count). The van der Waals surface area contributed by atoms with Gasteiger partial charge in [0.05, 0.1) is 11.8 Å². The third kappa shape index (κ3) is 5.51. The van der Waals surface area contributed by atoms with Crippen LogP contribution in [0.25, 0.3) is 0 Å². The molecule has 0 aliphatic rings. The zero-order chi connectivity index (χ0) is 20.6. The van der Waals surface area contributed by atoms with Crippen LogP contribution in [0.15, 0.2) is 71.3 Å². The van der Waals surface area contributed by atoms with Crippen molar-refractivity contribution in [3.05, 3.63) is 95.4 Å². The first-order chi connectivity index (χ1) is 14.0. The summed E-state index contributed by atoms with van der Waals surface area (Å²) < 4.78 is 32.0. The van der Waals surface area contributed by atoms with Gasteiger partial charge in [0.15, 0.2) is 0 Å². The smallest absolute Gasteiger partial charge is 0.254 e. The Balaban J connectivity index is 1.50. The van der Waals surface area contributed by atoms with Crippen molar-refractivity contribution in [1.29, 1.82) is 0 Å². The molecular formula is C22H20F2N2O3. The Hall–Kier alpha value is -3.48. The number of nitrogens with one attached hydrogen (secondary N) is 2. The predicted octanol–water partition coefficient (Wildman–Crippen LogP) is 3.97. The van der Waals surface area contributed by atoms with Crippen molar-refractivity contribution < 1.29 is 22.8 Å². The highest BCUT2D eigenvalue weighted by molar-refractivity contribution is 5.94. The molecule has 29 heavy (non-hydrogen) atoms. The van der Waals surface area contributed by atoms with Gasteiger partial charge in [-0.25, -0.2) is 8.78 Å². The Kier molecular flexibility index (Phi) is 6.73. The second-order valence-corrected chi connectivity index (χ2v) is 6.41. The lowest BCUT2D eigenvalue weighted by Crippen LogP contribution is -2.30. The molecule has 1 aromatic heterocycles. The van der Waals surface area contributed by atoms with Gasteiger partial charge in [-0.15, -0.1) is 0 Å². The second kappa shape index (κ2) is 9.64. The van der Waals surface area contributed by atoms with Crippen LogP contribution in [0.1, 0.15) is 40.6 Å². The lowest BCUT2D eigenvalue weighted by molar-refractivity contribution is -0.121. The quantitative estimate of drug-likeness (QED) is 0.564. The molecule has 0 bridgehead atoms. The maximum Gasteiger partial charge on any atom is 0.254 e. The van der Waals surface area contributed by atoms with Gasteiger partial charge in [-0.05, 0) is 36.2 Å². The fourth-order valence-electron chi connectivity index (χ4n) is 2.87. The van der Waals surface area contributed by atoms with E-state index in [4.69, 9.17) is 4.42 Å². The molecule has 0 aliphatic carbocycles. The van der Waals surface area contributed by atoms with Crippen LogP contribution in [-0.4, -0.2) is 18.4 Å². The van der Waals surface area contributed by atoms with Gasteiger partial charge in [-0.3, -0.25) is 9.59 Å². The molecule has 0 fully saturated rings. The Morgan fingerprint density at radius 2 is 1.79 bits per heavy atom. The van der Waals surface area contributed by atoms with Crippen molar-refractivity contribution in [1.82, 2.24) is 10.6 Å². The summed E-state index contributed by atoms with van der Waals surface area (Å²) >= 11 is 0. The van der Waals surface area contributed by atoms with Crippen molar-refractivity contribution >= 4 is 11.8 Å². The maximum atomic E-state index is 13.6. The van der Waals surface area contributed by atoms with Gasteiger partial charge in [0.2, 0.25) is 5.91 Å². The number of carbonyl (C=O) groups is 2. The van der Waals surface area contributed by atoms with Crippen LogP contribution in [0.2, 0.25) is 0 Å². The number of halogens is 2. The summed E-state index contributed by atoms with van der Waals surface area (Å²) in [4.78, 5) is 24.3. The van der Waals surface area contributed by atoms with E-state index in [1.807, 2.05) is 30.3 Å². The van der Waals surface area contributed by atoms with Crippen LogP contribution < -0.4 is 10.6 Å². The van der Waals surface area contributed by atoms with Gasteiger partial charge >= 0.3 is 0 Å². The molecule has 0 aliphatic heterocycles. The van der Waals surface area contributed by atoms with E-state index in [0.29, 0.717) is 18.2 Å². The van der Waals surface area contributed by atoms with Gasteiger partial charge in [0, 0.05) is 19.0 Å². The number of furan rings is 1. The second-order valence-electron chi connectivity index (χ2n) is 6.41. The van der Waals surface area contributed by atoms with Crippen LogP contribution in [0.3, 0.4) is 0 Å². The Morgan fingerprint density at radius 1 is 1.00 bits per heavy atom. The minimum atomic E-state index is -0.926. The highest BCUT2D eigenvalue weighted by atomic mass is 19.1. The topological polar surface area (TPSA) is 71.3 Å². The third-order valence-electron chi connectivity index (χ3n) is 4.31. The molecule has 2 aromatic carbocycles. The standard InChI is InChI=1S/C22H20F2N2O3/c23-16-10-11-17(18(24)14-16)22(28)25-12-4-9-20(27)26-21(19-8-5-13-29-19)15-6-2-1-3-7-15/h1-3,5-8,10-11,13-14,21H,4,9,12H2,(H,25,28)(H,26,27). The molecule has 0 spiro atoms. The van der Waals surface area contributed by atoms with E-state index in [2.05, 4.69) is 10.6 Å². The largest absolute Gasteiger partial charge is 0.467 e. The first kappa shape index (κ1) is 20.3. The van der Waals surface area contributed by atoms with Crippen LogP contribution in [0.4, 0.5) is 8.78 Å². The van der Waals surface area contributed by atoms with Gasteiger partial charge in [0.1, 0.15) is 23.4 Å². The number of rotatable bonds is 8. The summed E-state index contributed by atoms with van der Waals surface area (Å²) in [5.41, 5.74) is 0.647. The molecule has 3 aromatic rings. The molecule has 0 radical (unpaired) electrons. The van der Waals surface area contributed by atoms with E-state index in [9.17, 15) is 18.4 Å². The Morgan fingerprint density at radius 3 is 2.48 bits per heavy atom. The molecule has 7 heteroatoms. The average Bonchev–Trinajstić information content (AvgIpc) is 3.24. The monoisotopic (exact) mass is 398 g/mol. The van der Waals surface area contributed by atoms with Crippen molar-refractivity contribution in [2.75, 3.05) is 6.54 Å². The summed E-state index contributed by atoms with van der Waals surface area (Å²) in [5, 5.41) is 5.45. The average molecular weight is 398 g/mol. The molecule has 150 valence electrons. The van der Waals surface area contributed by atoms with Crippen LogP contribution in [0, 0.1) is 11.6 Å². The summed E-state index contributed by atoms with van der Waals surface area (Å²) in [6, 6.07) is 15.3. The molecule has 2 amide bonds. The van der Waals surface area contributed by atoms with Crippen molar-refractivity contribution in [3.8, 4) is 0 Å². The normalized spacial score (nSPS) is 11.7. The molecule has 2 N–H and O–H groups in total. The summed E-state index contributed by atoms with van der Waals surface area (Å²) in [5.74, 6) is -1.92. The highest BCUT2D eigenvalue weighted by Gasteiger charge is 2.19. The number of hydrogen-bond acceptors (Lipinski definition) is 3. The SMILES string of the molecule is O=C(CCCNC(=O)c1ccc(F)cc1F)NC(c1ccccc1)c1ccco1. The minimum Gasteiger partial charge on any atom is -0.467 e. The minimum absolute atomic E-state index is 0.163. The lowest BCUT2D eigenvalue weighted by Gasteiger charge is -2.17. The fraction of sp³-hybridized carbons (Fsp3) is 0.182. The van der Waals surface area contributed by atoms with Gasteiger partial charge < -0.3 is 15.1 Å². The van der Waals surface area contributed by atoms with Crippen molar-refractivity contribution in [3.63, 3.8) is 0 Å². The van der Waals surface area contributed by atoms with Gasteiger partial charge in [0.25, 0.3) is 5.91 Å². The molecule has 1 unspecified atom stereocenters. The van der Waals surface area contributed by atoms with E-state index < -0.39 is 23.6 Å². The summed E-state index contributed by atoms with van der Waals surface area (Å²) in [6.07, 6.45) is 2.07. The number of carbonyl (C=O) groups excluding carboxylic acids is 2. The van der Waals surface area contributed by atoms with Gasteiger partial charge in [-0.2, -0.15) is 0 Å². The number of benzene rings is 2. The van der Waals surface area contributed by atoms with E-state index in [0.717, 1.165) is 17.7 Å². The number of hydrogen-bond donors (Lipinski definition) is 2.